The minimum atomic E-state index is 0. The third-order valence-electron chi connectivity index (χ3n) is 1.61. The second kappa shape index (κ2) is 4.59. The molecule has 5 heteroatoms. The van der Waals surface area contributed by atoms with E-state index in [1.807, 2.05) is 12.4 Å². The van der Waals surface area contributed by atoms with Crippen LogP contribution < -0.4 is 5.32 Å². The Morgan fingerprint density at radius 1 is 1.45 bits per heavy atom. The number of fused-ring (bicyclic) bond motifs is 1. The second-order valence-corrected chi connectivity index (χ2v) is 2.21. The van der Waals surface area contributed by atoms with Crippen LogP contribution >= 0.6 is 24.8 Å². The molecule has 0 spiro atoms. The van der Waals surface area contributed by atoms with Crippen molar-refractivity contribution in [3.05, 3.63) is 18.2 Å². The molecule has 3 nitrogen and oxygen atoms in total. The predicted molar refractivity (Wildman–Crippen MR) is 48.4 cm³/mol. The summed E-state index contributed by atoms with van der Waals surface area (Å²) in [5.74, 6) is 1.15. The Kier molecular flexibility index (Phi) is 4.49. The van der Waals surface area contributed by atoms with E-state index in [1.54, 1.807) is 0 Å². The van der Waals surface area contributed by atoms with Crippen LogP contribution in [0.2, 0.25) is 0 Å². The van der Waals surface area contributed by atoms with Gasteiger partial charge in [0.25, 0.3) is 0 Å². The molecule has 1 aromatic heterocycles. The topological polar surface area (TPSA) is 29.9 Å². The van der Waals surface area contributed by atoms with E-state index in [4.69, 9.17) is 0 Å². The molecule has 64 valence electrons. The molecule has 0 aromatic carbocycles. The van der Waals surface area contributed by atoms with Gasteiger partial charge in [-0.1, -0.05) is 0 Å². The molecule has 1 aliphatic heterocycles. The quantitative estimate of drug-likeness (QED) is 0.666. The van der Waals surface area contributed by atoms with Crippen LogP contribution in [0.1, 0.15) is 5.82 Å². The molecule has 2 heterocycles. The third kappa shape index (κ3) is 2.09. The zero-order valence-corrected chi connectivity index (χ0v) is 7.62. The molecule has 11 heavy (non-hydrogen) atoms. The van der Waals surface area contributed by atoms with Gasteiger partial charge in [-0.15, -0.1) is 24.8 Å². The Morgan fingerprint density at radius 2 is 2.27 bits per heavy atom. The van der Waals surface area contributed by atoms with E-state index in [1.165, 1.54) is 0 Å². The van der Waals surface area contributed by atoms with Crippen molar-refractivity contribution in [2.75, 3.05) is 6.54 Å². The molecule has 0 bridgehead atoms. The highest BCUT2D eigenvalue weighted by atomic mass is 35.5. The number of aromatic nitrogens is 2. The second-order valence-electron chi connectivity index (χ2n) is 2.21. The van der Waals surface area contributed by atoms with Crippen LogP contribution in [0, 0.1) is 0 Å². The maximum atomic E-state index is 4.16. The minimum Gasteiger partial charge on any atom is -0.333 e. The minimum absolute atomic E-state index is 0. The summed E-state index contributed by atoms with van der Waals surface area (Å²) in [4.78, 5) is 4.16. The number of hydrogen-bond acceptors (Lipinski definition) is 2. The fraction of sp³-hybridized carbons (Fsp3) is 0.500. The first-order valence-corrected chi connectivity index (χ1v) is 3.17. The summed E-state index contributed by atoms with van der Waals surface area (Å²) < 4.78 is 2.18. The molecule has 1 aliphatic rings. The van der Waals surface area contributed by atoms with Gasteiger partial charge in [-0.3, -0.25) is 0 Å². The first-order chi connectivity index (χ1) is 4.47. The van der Waals surface area contributed by atoms with Crippen LogP contribution in [0.15, 0.2) is 12.4 Å². The predicted octanol–water partition coefficient (Wildman–Crippen LogP) is 0.830. The molecule has 2 rings (SSSR count). The maximum Gasteiger partial charge on any atom is 0.122 e. The summed E-state index contributed by atoms with van der Waals surface area (Å²) in [6, 6.07) is 0. The SMILES string of the molecule is Cl.Cl.c1cn2c(n1)CNCC2. The Balaban J connectivity index is 0.000000500. The van der Waals surface area contributed by atoms with Crippen molar-refractivity contribution in [3.8, 4) is 0 Å². The summed E-state index contributed by atoms with van der Waals surface area (Å²) in [5, 5.41) is 3.24. The van der Waals surface area contributed by atoms with E-state index in [9.17, 15) is 0 Å². The lowest BCUT2D eigenvalue weighted by Crippen LogP contribution is -2.27. The lowest BCUT2D eigenvalue weighted by molar-refractivity contribution is 0.505. The zero-order chi connectivity index (χ0) is 6.10. The number of nitrogens with one attached hydrogen (secondary N) is 1. The first-order valence-electron chi connectivity index (χ1n) is 3.17. The molecule has 0 aliphatic carbocycles. The molecule has 0 amide bonds. The summed E-state index contributed by atoms with van der Waals surface area (Å²) in [6.45, 7) is 3.06. The number of nitrogens with zero attached hydrogens (tertiary/aromatic N) is 2. The van der Waals surface area contributed by atoms with Gasteiger partial charge in [-0.2, -0.15) is 0 Å². The first kappa shape index (κ1) is 10.8. The van der Waals surface area contributed by atoms with Gasteiger partial charge in [-0.05, 0) is 0 Å². The molecule has 0 saturated heterocycles. The van der Waals surface area contributed by atoms with Gasteiger partial charge in [0, 0.05) is 25.5 Å². The molecule has 0 atom stereocenters. The van der Waals surface area contributed by atoms with Gasteiger partial charge < -0.3 is 9.88 Å². The molecule has 1 N–H and O–H groups in total. The van der Waals surface area contributed by atoms with Crippen molar-refractivity contribution < 1.29 is 0 Å². The molecule has 0 radical (unpaired) electrons. The van der Waals surface area contributed by atoms with E-state index >= 15 is 0 Å². The summed E-state index contributed by atoms with van der Waals surface area (Å²) in [7, 11) is 0. The van der Waals surface area contributed by atoms with Crippen LogP contribution in [0.5, 0.6) is 0 Å². The highest BCUT2D eigenvalue weighted by Gasteiger charge is 2.05. The number of hydrogen-bond donors (Lipinski definition) is 1. The van der Waals surface area contributed by atoms with Gasteiger partial charge in [0.05, 0.1) is 6.54 Å². The Labute approximate surface area is 78.0 Å². The van der Waals surface area contributed by atoms with Crippen LogP contribution in [0.3, 0.4) is 0 Å². The Hall–Kier alpha value is -0.250. The van der Waals surface area contributed by atoms with Crippen molar-refractivity contribution >= 4 is 24.8 Å². The summed E-state index contributed by atoms with van der Waals surface area (Å²) >= 11 is 0. The van der Waals surface area contributed by atoms with E-state index < -0.39 is 0 Å². The van der Waals surface area contributed by atoms with Crippen molar-refractivity contribution in [1.29, 1.82) is 0 Å². The Bertz CT molecular complexity index is 191. The summed E-state index contributed by atoms with van der Waals surface area (Å²) in [6.07, 6.45) is 3.87. The van der Waals surface area contributed by atoms with Gasteiger partial charge in [0.2, 0.25) is 0 Å². The number of rotatable bonds is 0. The lowest BCUT2D eigenvalue weighted by atomic mass is 10.4. The molecule has 0 saturated carbocycles. The van der Waals surface area contributed by atoms with E-state index in [-0.39, 0.29) is 24.8 Å². The highest BCUT2D eigenvalue weighted by Crippen LogP contribution is 1.99. The molecule has 0 unspecified atom stereocenters. The van der Waals surface area contributed by atoms with Gasteiger partial charge in [0.15, 0.2) is 0 Å². The van der Waals surface area contributed by atoms with Crippen molar-refractivity contribution in [1.82, 2.24) is 14.9 Å². The van der Waals surface area contributed by atoms with Crippen molar-refractivity contribution in [3.63, 3.8) is 0 Å². The normalized spacial score (nSPS) is 14.2. The fourth-order valence-corrected chi connectivity index (χ4v) is 1.11. The Morgan fingerprint density at radius 3 is 3.00 bits per heavy atom. The zero-order valence-electron chi connectivity index (χ0n) is 5.99. The summed E-state index contributed by atoms with van der Waals surface area (Å²) in [5.41, 5.74) is 0. The van der Waals surface area contributed by atoms with Gasteiger partial charge >= 0.3 is 0 Å². The van der Waals surface area contributed by atoms with Gasteiger partial charge in [0.1, 0.15) is 5.82 Å². The van der Waals surface area contributed by atoms with E-state index in [0.717, 1.165) is 25.5 Å². The van der Waals surface area contributed by atoms with Crippen LogP contribution in [-0.2, 0) is 13.1 Å². The average molecular weight is 196 g/mol. The smallest absolute Gasteiger partial charge is 0.122 e. The fourth-order valence-electron chi connectivity index (χ4n) is 1.11. The standard InChI is InChI=1S/C6H9N3.2ClH/c1-3-9-4-2-8-6(9)5-7-1;;/h2,4,7H,1,3,5H2;2*1H. The molecule has 1 aromatic rings. The third-order valence-corrected chi connectivity index (χ3v) is 1.61. The largest absolute Gasteiger partial charge is 0.333 e. The number of halogens is 2. The monoisotopic (exact) mass is 195 g/mol. The average Bonchev–Trinajstić information content (AvgIpc) is 2.33. The van der Waals surface area contributed by atoms with Crippen LogP contribution in [0.4, 0.5) is 0 Å². The van der Waals surface area contributed by atoms with Crippen LogP contribution in [0.25, 0.3) is 0 Å². The van der Waals surface area contributed by atoms with E-state index in [0.29, 0.717) is 0 Å². The molecule has 0 fully saturated rings. The van der Waals surface area contributed by atoms with Gasteiger partial charge in [-0.25, -0.2) is 4.98 Å². The lowest BCUT2D eigenvalue weighted by Gasteiger charge is -2.13. The number of imidazole rings is 1. The van der Waals surface area contributed by atoms with Crippen molar-refractivity contribution in [2.24, 2.45) is 0 Å². The molecular formula is C6H11Cl2N3. The highest BCUT2D eigenvalue weighted by molar-refractivity contribution is 5.85. The van der Waals surface area contributed by atoms with E-state index in [2.05, 4.69) is 14.9 Å². The maximum absolute atomic E-state index is 4.16. The van der Waals surface area contributed by atoms with Crippen molar-refractivity contribution in [2.45, 2.75) is 13.1 Å². The van der Waals surface area contributed by atoms with Crippen LogP contribution in [-0.4, -0.2) is 16.1 Å². The molecular weight excluding hydrogens is 185 g/mol.